The predicted molar refractivity (Wildman–Crippen MR) is 64.5 cm³/mol. The molecule has 0 atom stereocenters. The number of amides is 1. The maximum Gasteiger partial charge on any atom is 0.260 e. The lowest BCUT2D eigenvalue weighted by atomic mass is 10.1. The molecule has 0 spiro atoms. The van der Waals surface area contributed by atoms with E-state index in [1.54, 1.807) is 0 Å². The van der Waals surface area contributed by atoms with E-state index < -0.39 is 0 Å². The van der Waals surface area contributed by atoms with Crippen molar-refractivity contribution in [1.82, 2.24) is 10.2 Å². The van der Waals surface area contributed by atoms with Gasteiger partial charge in [0.1, 0.15) is 0 Å². The van der Waals surface area contributed by atoms with Crippen molar-refractivity contribution < 1.29 is 4.79 Å². The van der Waals surface area contributed by atoms with Crippen molar-refractivity contribution in [2.45, 2.75) is 6.42 Å². The number of rotatable bonds is 0. The average molecular weight is 227 g/mol. The fourth-order valence-electron chi connectivity index (χ4n) is 2.86. The molecular weight excluding hydrogens is 214 g/mol. The molecule has 3 heterocycles. The van der Waals surface area contributed by atoms with Gasteiger partial charge in [0.15, 0.2) is 0 Å². The normalized spacial score (nSPS) is 21.8. The van der Waals surface area contributed by atoms with Crippen LogP contribution < -0.4 is 10.2 Å². The number of anilines is 1. The maximum absolute atomic E-state index is 12.4. The lowest BCUT2D eigenvalue weighted by Crippen LogP contribution is -2.40. The number of nitrogens with zero attached hydrogens (tertiary/aromatic N) is 2. The van der Waals surface area contributed by atoms with Crippen LogP contribution in [0.15, 0.2) is 35.7 Å². The molecule has 0 aromatic heterocycles. The third-order valence-electron chi connectivity index (χ3n) is 3.79. The molecule has 0 radical (unpaired) electrons. The third kappa shape index (κ3) is 1.08. The van der Waals surface area contributed by atoms with Gasteiger partial charge in [0.25, 0.3) is 5.91 Å². The molecule has 1 aromatic rings. The van der Waals surface area contributed by atoms with Crippen LogP contribution in [-0.2, 0) is 0 Å². The molecule has 0 aliphatic carbocycles. The van der Waals surface area contributed by atoms with Crippen LogP contribution in [0.5, 0.6) is 0 Å². The Labute approximate surface area is 99.5 Å². The van der Waals surface area contributed by atoms with E-state index in [1.165, 1.54) is 11.4 Å². The molecule has 0 saturated carbocycles. The zero-order valence-electron chi connectivity index (χ0n) is 9.44. The van der Waals surface area contributed by atoms with E-state index in [4.69, 9.17) is 0 Å². The summed E-state index contributed by atoms with van der Waals surface area (Å²) in [6, 6.07) is 7.89. The van der Waals surface area contributed by atoms with Gasteiger partial charge in [-0.3, -0.25) is 10.1 Å². The third-order valence-corrected chi connectivity index (χ3v) is 3.79. The first kappa shape index (κ1) is 9.24. The molecule has 2 saturated heterocycles. The van der Waals surface area contributed by atoms with Gasteiger partial charge in [-0.05, 0) is 12.1 Å². The minimum absolute atomic E-state index is 0.156. The van der Waals surface area contributed by atoms with Crippen LogP contribution in [0.2, 0.25) is 0 Å². The van der Waals surface area contributed by atoms with Crippen molar-refractivity contribution in [3.8, 4) is 0 Å². The lowest BCUT2D eigenvalue weighted by Gasteiger charge is -2.34. The highest BCUT2D eigenvalue weighted by Gasteiger charge is 2.38. The average Bonchev–Trinajstić information content (AvgIpc) is 2.74. The Bertz CT molecular complexity index is 549. The first-order valence-corrected chi connectivity index (χ1v) is 5.97. The fraction of sp³-hybridized carbons (Fsp3) is 0.308. The second-order valence-electron chi connectivity index (χ2n) is 4.63. The topological polar surface area (TPSA) is 35.6 Å². The van der Waals surface area contributed by atoms with Gasteiger partial charge in [-0.2, -0.15) is 0 Å². The molecule has 0 unspecified atom stereocenters. The van der Waals surface area contributed by atoms with Crippen molar-refractivity contribution in [3.63, 3.8) is 0 Å². The summed E-state index contributed by atoms with van der Waals surface area (Å²) in [5, 5.41) is 3.36. The van der Waals surface area contributed by atoms with Gasteiger partial charge in [0, 0.05) is 25.2 Å². The molecule has 3 aliphatic rings. The van der Waals surface area contributed by atoms with Gasteiger partial charge in [-0.15, -0.1) is 0 Å². The summed E-state index contributed by atoms with van der Waals surface area (Å²) in [7, 11) is 0. The van der Waals surface area contributed by atoms with E-state index >= 15 is 0 Å². The van der Waals surface area contributed by atoms with E-state index in [0.717, 1.165) is 37.4 Å². The van der Waals surface area contributed by atoms with Gasteiger partial charge in [0.2, 0.25) is 0 Å². The minimum Gasteiger partial charge on any atom is -0.328 e. The van der Waals surface area contributed by atoms with Crippen molar-refractivity contribution in [2.75, 3.05) is 24.7 Å². The number of carbonyl (C=O) groups is 1. The Kier molecular flexibility index (Phi) is 1.69. The zero-order chi connectivity index (χ0) is 11.4. The van der Waals surface area contributed by atoms with Crippen molar-refractivity contribution in [2.24, 2.45) is 0 Å². The van der Waals surface area contributed by atoms with Crippen LogP contribution in [0, 0.1) is 0 Å². The molecular formula is C13H13N3O. The Morgan fingerprint density at radius 2 is 2.00 bits per heavy atom. The van der Waals surface area contributed by atoms with Gasteiger partial charge in [-0.25, -0.2) is 0 Å². The van der Waals surface area contributed by atoms with Crippen LogP contribution in [-0.4, -0.2) is 30.6 Å². The molecule has 4 heteroatoms. The Morgan fingerprint density at radius 3 is 2.82 bits per heavy atom. The Morgan fingerprint density at radius 1 is 1.12 bits per heavy atom. The minimum atomic E-state index is 0.156. The number of hydrogen-bond donors (Lipinski definition) is 1. The van der Waals surface area contributed by atoms with Crippen LogP contribution in [0.25, 0.3) is 0 Å². The molecule has 2 fully saturated rings. The highest BCUT2D eigenvalue weighted by molar-refractivity contribution is 6.02. The molecule has 1 N–H and O–H groups in total. The molecule has 0 bridgehead atoms. The quantitative estimate of drug-likeness (QED) is 0.721. The first-order chi connectivity index (χ1) is 8.36. The zero-order valence-corrected chi connectivity index (χ0v) is 9.44. The second-order valence-corrected chi connectivity index (χ2v) is 4.63. The second kappa shape index (κ2) is 3.11. The summed E-state index contributed by atoms with van der Waals surface area (Å²) < 4.78 is 0. The van der Waals surface area contributed by atoms with Crippen molar-refractivity contribution >= 4 is 11.6 Å². The Hall–Kier alpha value is -1.81. The lowest BCUT2D eigenvalue weighted by molar-refractivity contribution is 0.0743. The van der Waals surface area contributed by atoms with Gasteiger partial charge in [0.05, 0.1) is 23.6 Å². The Balaban J connectivity index is 1.98. The summed E-state index contributed by atoms with van der Waals surface area (Å²) in [6.07, 6.45) is 1.02. The van der Waals surface area contributed by atoms with E-state index in [-0.39, 0.29) is 5.91 Å². The van der Waals surface area contributed by atoms with E-state index in [9.17, 15) is 4.79 Å². The highest BCUT2D eigenvalue weighted by Crippen LogP contribution is 2.38. The maximum atomic E-state index is 12.4. The highest BCUT2D eigenvalue weighted by atomic mass is 16.2. The molecule has 3 aliphatic heterocycles. The number of carbonyl (C=O) groups excluding carboxylic acids is 1. The molecule has 4 nitrogen and oxygen atoms in total. The van der Waals surface area contributed by atoms with Crippen molar-refractivity contribution in [3.05, 3.63) is 41.2 Å². The van der Waals surface area contributed by atoms with Crippen molar-refractivity contribution in [1.29, 1.82) is 0 Å². The fourth-order valence-corrected chi connectivity index (χ4v) is 2.86. The van der Waals surface area contributed by atoms with Gasteiger partial charge in [-0.1, -0.05) is 12.1 Å². The number of benzene rings is 1. The van der Waals surface area contributed by atoms with Gasteiger partial charge >= 0.3 is 0 Å². The summed E-state index contributed by atoms with van der Waals surface area (Å²) in [6.45, 7) is 2.53. The summed E-state index contributed by atoms with van der Waals surface area (Å²) in [5.74, 6) is 0.156. The molecule has 1 amide bonds. The monoisotopic (exact) mass is 227 g/mol. The largest absolute Gasteiger partial charge is 0.328 e. The summed E-state index contributed by atoms with van der Waals surface area (Å²) in [4.78, 5) is 16.5. The van der Waals surface area contributed by atoms with Crippen LogP contribution in [0.1, 0.15) is 16.8 Å². The number of para-hydroxylation sites is 1. The smallest absolute Gasteiger partial charge is 0.260 e. The van der Waals surface area contributed by atoms with Gasteiger partial charge < -0.3 is 9.80 Å². The summed E-state index contributed by atoms with van der Waals surface area (Å²) >= 11 is 0. The molecule has 17 heavy (non-hydrogen) atoms. The number of fused-ring (bicyclic) bond motifs is 4. The summed E-state index contributed by atoms with van der Waals surface area (Å²) in [5.41, 5.74) is 4.34. The SMILES string of the molecule is O=C1c2ccccc2N2CNCC2=C2CCN12. The van der Waals surface area contributed by atoms with E-state index in [0.29, 0.717) is 0 Å². The van der Waals surface area contributed by atoms with Crippen LogP contribution >= 0.6 is 0 Å². The molecule has 86 valence electrons. The molecule has 4 rings (SSSR count). The van der Waals surface area contributed by atoms with E-state index in [1.807, 2.05) is 29.2 Å². The number of nitrogens with one attached hydrogen (secondary N) is 1. The van der Waals surface area contributed by atoms with E-state index in [2.05, 4.69) is 10.2 Å². The van der Waals surface area contributed by atoms with Crippen LogP contribution in [0.3, 0.4) is 0 Å². The standard InChI is InChI=1S/C13H13N3O/c17-13-9-3-1-2-4-10(9)16-8-14-7-12(16)11-5-6-15(11)13/h1-4,14H,5-8H2. The molecule has 1 aromatic carbocycles. The number of hydrogen-bond acceptors (Lipinski definition) is 3. The first-order valence-electron chi connectivity index (χ1n) is 5.97. The van der Waals surface area contributed by atoms with Crippen LogP contribution in [0.4, 0.5) is 5.69 Å². The predicted octanol–water partition coefficient (Wildman–Crippen LogP) is 1.12.